The van der Waals surface area contributed by atoms with E-state index in [-0.39, 0.29) is 23.4 Å². The van der Waals surface area contributed by atoms with E-state index in [1.54, 1.807) is 0 Å². The number of aliphatic carboxylic acids is 1. The molecule has 2 aliphatic carbocycles. The third-order valence-corrected chi connectivity index (χ3v) is 7.11. The molecule has 164 valence electrons. The van der Waals surface area contributed by atoms with Crippen molar-refractivity contribution in [2.45, 2.75) is 98.1 Å². The average Bonchev–Trinajstić information content (AvgIpc) is 2.57. The second-order valence-corrected chi connectivity index (χ2v) is 9.51. The monoisotopic (exact) mass is 399 g/mol. The van der Waals surface area contributed by atoms with Gasteiger partial charge in [-0.05, 0) is 61.7 Å². The van der Waals surface area contributed by atoms with Gasteiger partial charge in [-0.1, -0.05) is 41.0 Å². The number of esters is 1. The lowest BCUT2D eigenvalue weighted by Crippen LogP contribution is -2.57. The van der Waals surface area contributed by atoms with Crippen LogP contribution in [0.4, 0.5) is 0 Å². The highest BCUT2D eigenvalue weighted by Gasteiger charge is 2.57. The molecule has 28 heavy (non-hydrogen) atoms. The molecule has 2 aliphatic rings. The maximum atomic E-state index is 11.9. The lowest BCUT2D eigenvalue weighted by Gasteiger charge is -2.61. The summed E-state index contributed by atoms with van der Waals surface area (Å²) in [6.45, 7) is 13.0. The second kappa shape index (κ2) is 9.57. The fraction of sp³-hybridized carbons (Fsp3) is 0.909. The van der Waals surface area contributed by atoms with E-state index in [9.17, 15) is 14.7 Å². The molecule has 2 saturated carbocycles. The second-order valence-electron chi connectivity index (χ2n) is 9.51. The first-order valence-corrected chi connectivity index (χ1v) is 10.8. The van der Waals surface area contributed by atoms with E-state index in [4.69, 9.17) is 15.6 Å². The van der Waals surface area contributed by atoms with Crippen molar-refractivity contribution in [2.24, 2.45) is 28.4 Å². The van der Waals surface area contributed by atoms with Crippen molar-refractivity contribution in [3.8, 4) is 0 Å². The van der Waals surface area contributed by atoms with E-state index in [2.05, 4.69) is 20.8 Å². The minimum atomic E-state index is -1.14. The van der Waals surface area contributed by atoms with Gasteiger partial charge >= 0.3 is 11.9 Å². The maximum absolute atomic E-state index is 11.9. The fourth-order valence-electron chi connectivity index (χ4n) is 5.92. The molecule has 0 aromatic heterocycles. The minimum Gasteiger partial charge on any atom is -0.481 e. The third-order valence-electron chi connectivity index (χ3n) is 7.11. The molecule has 5 atom stereocenters. The van der Waals surface area contributed by atoms with Crippen LogP contribution in [0.3, 0.4) is 0 Å². The van der Waals surface area contributed by atoms with E-state index < -0.39 is 30.0 Å². The first-order chi connectivity index (χ1) is 12.9. The first kappa shape index (κ1) is 24.9. The Labute approximate surface area is 170 Å². The standard InChI is InChI=1S/C20H35NO5.C2H6/c1-18(2)8-5-9-19(3)14(18)6-10-20(4,25)15(19)7-11-26-17(24)13(21)12-16(22)23;1-2/h13-15,25H,5-12,21H2,1-4H3,(H,22,23);1-2H3/t13?,14?,15?,19?,20-;/m1./s1. The molecule has 6 heteroatoms. The van der Waals surface area contributed by atoms with Crippen LogP contribution in [0, 0.1) is 22.7 Å². The number of fused-ring (bicyclic) bond motifs is 1. The Morgan fingerprint density at radius 3 is 2.32 bits per heavy atom. The summed E-state index contributed by atoms with van der Waals surface area (Å²) < 4.78 is 5.24. The Hall–Kier alpha value is -1.14. The fourth-order valence-corrected chi connectivity index (χ4v) is 5.92. The summed E-state index contributed by atoms with van der Waals surface area (Å²) in [5.41, 5.74) is 5.04. The highest BCUT2D eigenvalue weighted by molar-refractivity contribution is 5.81. The van der Waals surface area contributed by atoms with Gasteiger partial charge < -0.3 is 20.7 Å². The summed E-state index contributed by atoms with van der Waals surface area (Å²) in [7, 11) is 0. The van der Waals surface area contributed by atoms with Crippen molar-refractivity contribution in [3.63, 3.8) is 0 Å². The normalized spacial score (nSPS) is 35.0. The Bertz CT molecular complexity index is 545. The maximum Gasteiger partial charge on any atom is 0.323 e. The molecule has 0 radical (unpaired) electrons. The van der Waals surface area contributed by atoms with Crippen molar-refractivity contribution in [1.82, 2.24) is 0 Å². The van der Waals surface area contributed by atoms with Crippen molar-refractivity contribution in [2.75, 3.05) is 6.61 Å². The number of ether oxygens (including phenoxy) is 1. The molecule has 0 aromatic carbocycles. The van der Waals surface area contributed by atoms with Crippen molar-refractivity contribution in [1.29, 1.82) is 0 Å². The van der Waals surface area contributed by atoms with Crippen LogP contribution in [-0.2, 0) is 14.3 Å². The number of carbonyl (C=O) groups is 2. The van der Waals surface area contributed by atoms with Crippen LogP contribution in [-0.4, -0.2) is 40.4 Å². The van der Waals surface area contributed by atoms with Gasteiger partial charge in [-0.25, -0.2) is 0 Å². The zero-order chi connectivity index (χ0) is 21.8. The third kappa shape index (κ3) is 5.47. The molecule has 0 amide bonds. The van der Waals surface area contributed by atoms with Gasteiger partial charge in [0, 0.05) is 0 Å². The number of hydrogen-bond donors (Lipinski definition) is 3. The highest BCUT2D eigenvalue weighted by atomic mass is 16.5. The predicted molar refractivity (Wildman–Crippen MR) is 110 cm³/mol. The van der Waals surface area contributed by atoms with Crippen LogP contribution in [0.2, 0.25) is 0 Å². The Morgan fingerprint density at radius 1 is 1.14 bits per heavy atom. The van der Waals surface area contributed by atoms with Crippen molar-refractivity contribution >= 4 is 11.9 Å². The van der Waals surface area contributed by atoms with Crippen molar-refractivity contribution < 1.29 is 24.5 Å². The van der Waals surface area contributed by atoms with Gasteiger partial charge in [-0.15, -0.1) is 0 Å². The molecule has 0 aliphatic heterocycles. The molecule has 2 rings (SSSR count). The van der Waals surface area contributed by atoms with Gasteiger partial charge in [0.1, 0.15) is 6.04 Å². The van der Waals surface area contributed by atoms with Crippen LogP contribution in [0.1, 0.15) is 86.5 Å². The summed E-state index contributed by atoms with van der Waals surface area (Å²) in [5.74, 6) is -1.23. The quantitative estimate of drug-likeness (QED) is 0.587. The summed E-state index contributed by atoms with van der Waals surface area (Å²) in [5, 5.41) is 19.8. The van der Waals surface area contributed by atoms with E-state index in [0.717, 1.165) is 25.7 Å². The zero-order valence-corrected chi connectivity index (χ0v) is 18.6. The van der Waals surface area contributed by atoms with Crippen LogP contribution in [0.5, 0.6) is 0 Å². The van der Waals surface area contributed by atoms with Crippen molar-refractivity contribution in [3.05, 3.63) is 0 Å². The number of hydrogen-bond acceptors (Lipinski definition) is 5. The average molecular weight is 400 g/mol. The molecule has 6 nitrogen and oxygen atoms in total. The molecular formula is C22H41NO5. The number of carboxylic acids is 1. The van der Waals surface area contributed by atoms with Gasteiger partial charge in [0.25, 0.3) is 0 Å². The molecular weight excluding hydrogens is 358 g/mol. The molecule has 4 unspecified atom stereocenters. The lowest BCUT2D eigenvalue weighted by atomic mass is 9.45. The van der Waals surface area contributed by atoms with Gasteiger partial charge in [-0.2, -0.15) is 0 Å². The molecule has 0 saturated heterocycles. The number of carboxylic acid groups (broad SMARTS) is 1. The van der Waals surface area contributed by atoms with Gasteiger partial charge in [0.2, 0.25) is 0 Å². The van der Waals surface area contributed by atoms with Crippen LogP contribution in [0.15, 0.2) is 0 Å². The van der Waals surface area contributed by atoms with Crippen LogP contribution < -0.4 is 5.73 Å². The molecule has 0 spiro atoms. The summed E-state index contributed by atoms with van der Waals surface area (Å²) in [4.78, 5) is 22.5. The summed E-state index contributed by atoms with van der Waals surface area (Å²) in [6, 6.07) is -1.14. The smallest absolute Gasteiger partial charge is 0.323 e. The Kier molecular flexibility index (Phi) is 8.51. The summed E-state index contributed by atoms with van der Waals surface area (Å²) in [6.07, 6.45) is 5.35. The first-order valence-electron chi connectivity index (χ1n) is 10.8. The molecule has 0 bridgehead atoms. The van der Waals surface area contributed by atoms with E-state index in [1.807, 2.05) is 20.8 Å². The van der Waals surface area contributed by atoms with Crippen LogP contribution in [0.25, 0.3) is 0 Å². The number of aliphatic hydroxyl groups is 1. The SMILES string of the molecule is CC.CC1(C)CCCC2(C)C1CC[C@@](C)(O)C2CCOC(=O)C(N)CC(=O)O. The molecule has 4 N–H and O–H groups in total. The minimum absolute atomic E-state index is 0.0130. The Morgan fingerprint density at radius 2 is 1.75 bits per heavy atom. The van der Waals surface area contributed by atoms with Gasteiger partial charge in [-0.3, -0.25) is 9.59 Å². The van der Waals surface area contributed by atoms with Crippen LogP contribution >= 0.6 is 0 Å². The lowest BCUT2D eigenvalue weighted by molar-refractivity contribution is -0.175. The topological polar surface area (TPSA) is 110 Å². The Balaban J connectivity index is 0.00000190. The van der Waals surface area contributed by atoms with Gasteiger partial charge in [0.15, 0.2) is 0 Å². The number of nitrogens with two attached hydrogens (primary N) is 1. The molecule has 0 aromatic rings. The largest absolute Gasteiger partial charge is 0.481 e. The zero-order valence-electron chi connectivity index (χ0n) is 18.6. The molecule has 2 fully saturated rings. The number of carbonyl (C=O) groups excluding carboxylic acids is 1. The number of rotatable bonds is 6. The van der Waals surface area contributed by atoms with E-state index >= 15 is 0 Å². The molecule has 0 heterocycles. The van der Waals surface area contributed by atoms with E-state index in [1.165, 1.54) is 6.42 Å². The predicted octanol–water partition coefficient (Wildman–Crippen LogP) is 3.74. The van der Waals surface area contributed by atoms with Gasteiger partial charge in [0.05, 0.1) is 18.6 Å². The van der Waals surface area contributed by atoms with E-state index in [0.29, 0.717) is 12.3 Å². The summed E-state index contributed by atoms with van der Waals surface area (Å²) >= 11 is 0. The highest BCUT2D eigenvalue weighted by Crippen LogP contribution is 2.62.